The van der Waals surface area contributed by atoms with Crippen LogP contribution in [0, 0.1) is 13.8 Å². The number of halogens is 1. The van der Waals surface area contributed by atoms with Gasteiger partial charge in [0.1, 0.15) is 0 Å². The Hall–Kier alpha value is -1.36. The van der Waals surface area contributed by atoms with E-state index in [-0.39, 0.29) is 6.61 Å². The number of nitrogens with two attached hydrogens (primary N) is 1. The zero-order valence-electron chi connectivity index (χ0n) is 11.1. The molecule has 1 aromatic carbocycles. The summed E-state index contributed by atoms with van der Waals surface area (Å²) in [5, 5.41) is 14.7. The summed E-state index contributed by atoms with van der Waals surface area (Å²) in [5.41, 5.74) is 7.96. The van der Waals surface area contributed by atoms with Crippen LogP contribution in [-0.4, -0.2) is 21.5 Å². The van der Waals surface area contributed by atoms with Crippen LogP contribution in [0.4, 0.5) is 0 Å². The van der Waals surface area contributed by atoms with Crippen molar-refractivity contribution in [2.75, 3.05) is 6.61 Å². The van der Waals surface area contributed by atoms with Gasteiger partial charge in [0.25, 0.3) is 0 Å². The lowest BCUT2D eigenvalue weighted by molar-refractivity contribution is 0.173. The van der Waals surface area contributed by atoms with Crippen LogP contribution in [0.1, 0.15) is 17.0 Å². The third-order valence-electron chi connectivity index (χ3n) is 3.36. The molecule has 2 rings (SSSR count). The van der Waals surface area contributed by atoms with E-state index in [4.69, 9.17) is 17.3 Å². The van der Waals surface area contributed by atoms with E-state index in [1.54, 1.807) is 4.68 Å². The number of nitrogens with zero attached hydrogens (tertiary/aromatic N) is 2. The summed E-state index contributed by atoms with van der Waals surface area (Å²) in [6, 6.07) is 9.54. The van der Waals surface area contributed by atoms with Crippen molar-refractivity contribution in [1.82, 2.24) is 9.78 Å². The first kappa shape index (κ1) is 14.1. The van der Waals surface area contributed by atoms with Crippen LogP contribution in [0.2, 0.25) is 5.02 Å². The van der Waals surface area contributed by atoms with Crippen LogP contribution < -0.4 is 5.73 Å². The third-order valence-corrected chi connectivity index (χ3v) is 3.90. The summed E-state index contributed by atoms with van der Waals surface area (Å²) in [4.78, 5) is 0. The van der Waals surface area contributed by atoms with Crippen LogP contribution in [0.15, 0.2) is 30.3 Å². The number of hydrogen-bond acceptors (Lipinski definition) is 3. The third kappa shape index (κ3) is 2.66. The maximum absolute atomic E-state index is 9.67. The standard InChI is InChI=1S/C14H18ClN3O/c1-10-13(15)11(2)18(17-10)8-14(16,9-19)12-6-4-3-5-7-12/h3-7,19H,8-9,16H2,1-2H3. The summed E-state index contributed by atoms with van der Waals surface area (Å²) in [6.07, 6.45) is 0. The fourth-order valence-corrected chi connectivity index (χ4v) is 2.23. The van der Waals surface area contributed by atoms with E-state index in [2.05, 4.69) is 5.10 Å². The lowest BCUT2D eigenvalue weighted by Crippen LogP contribution is -2.45. The molecule has 2 aromatic rings. The number of aromatic nitrogens is 2. The first-order valence-electron chi connectivity index (χ1n) is 6.13. The average Bonchev–Trinajstić information content (AvgIpc) is 2.67. The monoisotopic (exact) mass is 279 g/mol. The predicted octanol–water partition coefficient (Wildman–Crippen LogP) is 2.00. The molecule has 0 amide bonds. The zero-order chi connectivity index (χ0) is 14.0. The normalized spacial score (nSPS) is 14.4. The van der Waals surface area contributed by atoms with Crippen molar-refractivity contribution in [3.8, 4) is 0 Å². The van der Waals surface area contributed by atoms with Crippen LogP contribution in [0.3, 0.4) is 0 Å². The van der Waals surface area contributed by atoms with E-state index in [1.807, 2.05) is 44.2 Å². The molecule has 0 aliphatic heterocycles. The number of aliphatic hydroxyl groups is 1. The molecule has 1 unspecified atom stereocenters. The maximum atomic E-state index is 9.67. The highest BCUT2D eigenvalue weighted by molar-refractivity contribution is 6.31. The fourth-order valence-electron chi connectivity index (χ4n) is 2.10. The van der Waals surface area contributed by atoms with Crippen molar-refractivity contribution in [2.45, 2.75) is 25.9 Å². The molecule has 0 saturated carbocycles. The Morgan fingerprint density at radius 1 is 1.32 bits per heavy atom. The first-order valence-corrected chi connectivity index (χ1v) is 6.50. The molecule has 1 atom stereocenters. The van der Waals surface area contributed by atoms with Crippen LogP contribution >= 0.6 is 11.6 Å². The van der Waals surface area contributed by atoms with E-state index >= 15 is 0 Å². The molecule has 0 spiro atoms. The Morgan fingerprint density at radius 2 is 1.95 bits per heavy atom. The number of hydrogen-bond donors (Lipinski definition) is 2. The largest absolute Gasteiger partial charge is 0.394 e. The summed E-state index contributed by atoms with van der Waals surface area (Å²) >= 11 is 6.13. The molecular formula is C14H18ClN3O. The summed E-state index contributed by atoms with van der Waals surface area (Å²) in [5.74, 6) is 0. The minimum Gasteiger partial charge on any atom is -0.394 e. The van der Waals surface area contributed by atoms with Gasteiger partial charge in [-0.05, 0) is 19.4 Å². The van der Waals surface area contributed by atoms with Gasteiger partial charge in [0.05, 0.1) is 35.1 Å². The van der Waals surface area contributed by atoms with E-state index in [0.717, 1.165) is 17.0 Å². The van der Waals surface area contributed by atoms with E-state index in [1.165, 1.54) is 0 Å². The van der Waals surface area contributed by atoms with Crippen LogP contribution in [0.25, 0.3) is 0 Å². The van der Waals surface area contributed by atoms with Gasteiger partial charge < -0.3 is 10.8 Å². The van der Waals surface area contributed by atoms with Gasteiger partial charge in [-0.2, -0.15) is 5.10 Å². The lowest BCUT2D eigenvalue weighted by Gasteiger charge is -2.28. The van der Waals surface area contributed by atoms with Gasteiger partial charge in [-0.3, -0.25) is 4.68 Å². The molecule has 1 heterocycles. The highest BCUT2D eigenvalue weighted by Crippen LogP contribution is 2.24. The number of aliphatic hydroxyl groups excluding tert-OH is 1. The number of benzene rings is 1. The second-order valence-corrected chi connectivity index (χ2v) is 5.20. The second-order valence-electron chi connectivity index (χ2n) is 4.82. The Bertz CT molecular complexity index is 568. The molecule has 0 saturated heterocycles. The van der Waals surface area contributed by atoms with Crippen LogP contribution in [-0.2, 0) is 12.1 Å². The van der Waals surface area contributed by atoms with Gasteiger partial charge >= 0.3 is 0 Å². The van der Waals surface area contributed by atoms with E-state index in [9.17, 15) is 5.11 Å². The van der Waals surface area contributed by atoms with Crippen LogP contribution in [0.5, 0.6) is 0 Å². The van der Waals surface area contributed by atoms with Crippen molar-refractivity contribution in [3.63, 3.8) is 0 Å². The summed E-state index contributed by atoms with van der Waals surface area (Å²) in [6.45, 7) is 3.97. The first-order chi connectivity index (χ1) is 8.98. The molecule has 0 radical (unpaired) electrons. The Morgan fingerprint density at radius 3 is 2.42 bits per heavy atom. The minimum atomic E-state index is -0.867. The zero-order valence-corrected chi connectivity index (χ0v) is 11.9. The van der Waals surface area contributed by atoms with Crippen molar-refractivity contribution < 1.29 is 5.11 Å². The minimum absolute atomic E-state index is 0.160. The predicted molar refractivity (Wildman–Crippen MR) is 76.1 cm³/mol. The highest BCUT2D eigenvalue weighted by atomic mass is 35.5. The number of aryl methyl sites for hydroxylation is 1. The topological polar surface area (TPSA) is 64.1 Å². The van der Waals surface area contributed by atoms with Crippen molar-refractivity contribution >= 4 is 11.6 Å². The molecule has 0 aliphatic carbocycles. The molecule has 5 heteroatoms. The SMILES string of the molecule is Cc1nn(CC(N)(CO)c2ccccc2)c(C)c1Cl. The fraction of sp³-hybridized carbons (Fsp3) is 0.357. The van der Waals surface area contributed by atoms with Gasteiger partial charge in [0, 0.05) is 0 Å². The van der Waals surface area contributed by atoms with E-state index in [0.29, 0.717) is 11.6 Å². The molecular weight excluding hydrogens is 262 g/mol. The Balaban J connectivity index is 2.36. The second kappa shape index (κ2) is 5.33. The quantitative estimate of drug-likeness (QED) is 0.900. The van der Waals surface area contributed by atoms with Crippen molar-refractivity contribution in [1.29, 1.82) is 0 Å². The molecule has 0 bridgehead atoms. The van der Waals surface area contributed by atoms with Gasteiger partial charge in [-0.25, -0.2) is 0 Å². The lowest BCUT2D eigenvalue weighted by atomic mass is 9.92. The van der Waals surface area contributed by atoms with Crippen molar-refractivity contribution in [2.24, 2.45) is 5.73 Å². The summed E-state index contributed by atoms with van der Waals surface area (Å²) in [7, 11) is 0. The van der Waals surface area contributed by atoms with Gasteiger partial charge in [-0.15, -0.1) is 0 Å². The molecule has 4 nitrogen and oxygen atoms in total. The van der Waals surface area contributed by atoms with Gasteiger partial charge in [0.15, 0.2) is 0 Å². The molecule has 102 valence electrons. The number of rotatable bonds is 4. The molecule has 0 fully saturated rings. The maximum Gasteiger partial charge on any atom is 0.0844 e. The van der Waals surface area contributed by atoms with Gasteiger partial charge in [0.2, 0.25) is 0 Å². The Kier molecular flexibility index (Phi) is 3.94. The smallest absolute Gasteiger partial charge is 0.0844 e. The Labute approximate surface area is 117 Å². The average molecular weight is 280 g/mol. The molecule has 0 aliphatic rings. The highest BCUT2D eigenvalue weighted by Gasteiger charge is 2.28. The van der Waals surface area contributed by atoms with Crippen molar-refractivity contribution in [3.05, 3.63) is 52.3 Å². The molecule has 1 aromatic heterocycles. The molecule has 19 heavy (non-hydrogen) atoms. The van der Waals surface area contributed by atoms with Gasteiger partial charge in [-0.1, -0.05) is 41.9 Å². The molecule has 3 N–H and O–H groups in total. The summed E-state index contributed by atoms with van der Waals surface area (Å²) < 4.78 is 1.75. The van der Waals surface area contributed by atoms with E-state index < -0.39 is 5.54 Å².